The van der Waals surface area contributed by atoms with Crippen LogP contribution in [-0.2, 0) is 29.5 Å². The van der Waals surface area contributed by atoms with E-state index in [9.17, 15) is 4.79 Å². The number of morpholine rings is 1. The van der Waals surface area contributed by atoms with Gasteiger partial charge >= 0.3 is 0 Å². The van der Waals surface area contributed by atoms with E-state index in [1.165, 1.54) is 11.3 Å². The lowest BCUT2D eigenvalue weighted by atomic mass is 10.1. The Bertz CT molecular complexity index is 718. The van der Waals surface area contributed by atoms with Gasteiger partial charge in [-0.25, -0.2) is 4.98 Å². The largest absolute Gasteiger partial charge is 0.379 e. The van der Waals surface area contributed by atoms with Crippen LogP contribution in [0.25, 0.3) is 0 Å². The first kappa shape index (κ1) is 17.1. The van der Waals surface area contributed by atoms with Gasteiger partial charge in [0.25, 0.3) is 0 Å². The second kappa shape index (κ2) is 7.42. The Morgan fingerprint density at radius 3 is 2.79 bits per heavy atom. The van der Waals surface area contributed by atoms with Gasteiger partial charge in [-0.15, -0.1) is 11.3 Å². The summed E-state index contributed by atoms with van der Waals surface area (Å²) in [6, 6.07) is 0. The second-order valence-corrected chi connectivity index (χ2v) is 6.89. The second-order valence-electron chi connectivity index (χ2n) is 6.03. The first-order valence-corrected chi connectivity index (χ1v) is 8.94. The summed E-state index contributed by atoms with van der Waals surface area (Å²) in [7, 11) is 1.89. The maximum atomic E-state index is 12.3. The van der Waals surface area contributed by atoms with Crippen molar-refractivity contribution in [3.63, 3.8) is 0 Å². The van der Waals surface area contributed by atoms with Crippen molar-refractivity contribution in [2.75, 3.05) is 31.6 Å². The molecule has 3 rings (SSSR count). The summed E-state index contributed by atoms with van der Waals surface area (Å²) in [5, 5.41) is 9.91. The zero-order valence-electron chi connectivity index (χ0n) is 14.3. The Kier molecular flexibility index (Phi) is 5.27. The van der Waals surface area contributed by atoms with E-state index in [2.05, 4.69) is 20.3 Å². The van der Waals surface area contributed by atoms with Crippen LogP contribution in [0.2, 0.25) is 0 Å². The van der Waals surface area contributed by atoms with Crippen LogP contribution in [0.3, 0.4) is 0 Å². The zero-order valence-corrected chi connectivity index (χ0v) is 15.2. The number of amides is 1. The van der Waals surface area contributed by atoms with Gasteiger partial charge in [-0.1, -0.05) is 0 Å². The first-order chi connectivity index (χ1) is 11.5. The van der Waals surface area contributed by atoms with Gasteiger partial charge in [-0.2, -0.15) is 5.10 Å². The fourth-order valence-electron chi connectivity index (χ4n) is 2.82. The number of anilines is 1. The molecule has 0 spiro atoms. The highest BCUT2D eigenvalue weighted by molar-refractivity contribution is 7.13. The van der Waals surface area contributed by atoms with Crippen molar-refractivity contribution in [2.24, 2.45) is 7.05 Å². The van der Waals surface area contributed by atoms with Crippen molar-refractivity contribution in [3.8, 4) is 0 Å². The Morgan fingerprint density at radius 1 is 1.38 bits per heavy atom. The molecule has 2 aromatic heterocycles. The van der Waals surface area contributed by atoms with E-state index in [1.807, 2.05) is 31.0 Å². The van der Waals surface area contributed by atoms with Crippen molar-refractivity contribution >= 4 is 22.4 Å². The first-order valence-electron chi connectivity index (χ1n) is 8.06. The maximum absolute atomic E-state index is 12.3. The van der Waals surface area contributed by atoms with Crippen LogP contribution in [0, 0.1) is 13.8 Å². The lowest BCUT2D eigenvalue weighted by molar-refractivity contribution is -0.115. The molecule has 1 aliphatic heterocycles. The molecule has 7 nitrogen and oxygen atoms in total. The summed E-state index contributed by atoms with van der Waals surface area (Å²) in [6.45, 7) is 8.12. The standard InChI is InChI=1S/C16H23N5O2S/c1-11-14(12(2)20(3)19-11)8-15(22)18-16-17-13(10-24-16)9-21-4-6-23-7-5-21/h10H,4-9H2,1-3H3,(H,17,18,22). The molecule has 1 saturated heterocycles. The number of carbonyl (C=O) groups excluding carboxylic acids is 1. The number of nitrogens with one attached hydrogen (secondary N) is 1. The lowest BCUT2D eigenvalue weighted by Gasteiger charge is -2.25. The third-order valence-corrected chi connectivity index (χ3v) is 5.09. The van der Waals surface area contributed by atoms with Gasteiger partial charge < -0.3 is 10.1 Å². The Labute approximate surface area is 145 Å². The Hall–Kier alpha value is -1.77. The number of carbonyl (C=O) groups is 1. The molecule has 1 amide bonds. The van der Waals surface area contributed by atoms with E-state index in [-0.39, 0.29) is 5.91 Å². The normalized spacial score (nSPS) is 15.6. The molecular weight excluding hydrogens is 326 g/mol. The summed E-state index contributed by atoms with van der Waals surface area (Å²) < 4.78 is 7.16. The number of nitrogens with zero attached hydrogens (tertiary/aromatic N) is 4. The van der Waals surface area contributed by atoms with Gasteiger partial charge in [0.2, 0.25) is 5.91 Å². The van der Waals surface area contributed by atoms with Gasteiger partial charge in [0.1, 0.15) is 0 Å². The third-order valence-electron chi connectivity index (χ3n) is 4.28. The van der Waals surface area contributed by atoms with Crippen LogP contribution in [0.15, 0.2) is 5.38 Å². The minimum absolute atomic E-state index is 0.0542. The minimum atomic E-state index is -0.0542. The number of aromatic nitrogens is 3. The van der Waals surface area contributed by atoms with E-state index in [0.29, 0.717) is 11.6 Å². The molecule has 24 heavy (non-hydrogen) atoms. The molecular formula is C16H23N5O2S. The van der Waals surface area contributed by atoms with E-state index in [1.54, 1.807) is 0 Å². The molecule has 0 radical (unpaired) electrons. The molecule has 0 unspecified atom stereocenters. The molecule has 130 valence electrons. The quantitative estimate of drug-likeness (QED) is 0.886. The highest BCUT2D eigenvalue weighted by atomic mass is 32.1. The molecule has 0 aliphatic carbocycles. The van der Waals surface area contributed by atoms with Crippen molar-refractivity contribution in [1.82, 2.24) is 19.7 Å². The topological polar surface area (TPSA) is 72.3 Å². The highest BCUT2D eigenvalue weighted by Gasteiger charge is 2.16. The van der Waals surface area contributed by atoms with E-state index < -0.39 is 0 Å². The molecule has 1 N–H and O–H groups in total. The van der Waals surface area contributed by atoms with Gasteiger partial charge in [0.15, 0.2) is 5.13 Å². The predicted molar refractivity (Wildman–Crippen MR) is 93.2 cm³/mol. The SMILES string of the molecule is Cc1nn(C)c(C)c1CC(=O)Nc1nc(CN2CCOCC2)cs1. The van der Waals surface area contributed by atoms with Crippen LogP contribution < -0.4 is 5.32 Å². The highest BCUT2D eigenvalue weighted by Crippen LogP contribution is 2.19. The minimum Gasteiger partial charge on any atom is -0.379 e. The van der Waals surface area contributed by atoms with Crippen molar-refractivity contribution in [1.29, 1.82) is 0 Å². The van der Waals surface area contributed by atoms with E-state index in [4.69, 9.17) is 4.74 Å². The number of ether oxygens (including phenoxy) is 1. The maximum Gasteiger partial charge on any atom is 0.230 e. The van der Waals surface area contributed by atoms with Crippen molar-refractivity contribution in [2.45, 2.75) is 26.8 Å². The summed E-state index contributed by atoms with van der Waals surface area (Å²) in [6.07, 6.45) is 0.323. The monoisotopic (exact) mass is 349 g/mol. The average Bonchev–Trinajstić information content (AvgIpc) is 3.08. The third kappa shape index (κ3) is 4.00. The van der Waals surface area contributed by atoms with Gasteiger partial charge in [-0.3, -0.25) is 14.4 Å². The van der Waals surface area contributed by atoms with Crippen LogP contribution in [-0.4, -0.2) is 51.9 Å². The van der Waals surface area contributed by atoms with E-state index >= 15 is 0 Å². The van der Waals surface area contributed by atoms with Crippen molar-refractivity contribution in [3.05, 3.63) is 28.0 Å². The zero-order chi connectivity index (χ0) is 17.1. The number of thiazole rings is 1. The number of rotatable bonds is 5. The molecule has 0 aromatic carbocycles. The summed E-state index contributed by atoms with van der Waals surface area (Å²) in [5.41, 5.74) is 3.90. The molecule has 0 saturated carbocycles. The smallest absolute Gasteiger partial charge is 0.230 e. The fourth-order valence-corrected chi connectivity index (χ4v) is 3.54. The summed E-state index contributed by atoms with van der Waals surface area (Å²) in [5.74, 6) is -0.0542. The number of hydrogen-bond donors (Lipinski definition) is 1. The summed E-state index contributed by atoms with van der Waals surface area (Å²) in [4.78, 5) is 19.1. The molecule has 3 heterocycles. The van der Waals surface area contributed by atoms with Crippen LogP contribution in [0.1, 0.15) is 22.6 Å². The Morgan fingerprint density at radius 2 is 2.12 bits per heavy atom. The molecule has 1 aliphatic rings. The molecule has 0 atom stereocenters. The van der Waals surface area contributed by atoms with Gasteiger partial charge in [0.05, 0.1) is 31.0 Å². The van der Waals surface area contributed by atoms with Crippen LogP contribution in [0.5, 0.6) is 0 Å². The lowest BCUT2D eigenvalue weighted by Crippen LogP contribution is -2.35. The van der Waals surface area contributed by atoms with Crippen LogP contribution in [0.4, 0.5) is 5.13 Å². The Balaban J connectivity index is 1.56. The molecule has 8 heteroatoms. The number of aryl methyl sites for hydroxylation is 2. The van der Waals surface area contributed by atoms with Crippen LogP contribution >= 0.6 is 11.3 Å². The van der Waals surface area contributed by atoms with Gasteiger partial charge in [0, 0.05) is 43.3 Å². The van der Waals surface area contributed by atoms with E-state index in [0.717, 1.165) is 55.5 Å². The predicted octanol–water partition coefficient (Wildman–Crippen LogP) is 1.51. The molecule has 0 bridgehead atoms. The molecule has 2 aromatic rings. The average molecular weight is 349 g/mol. The van der Waals surface area contributed by atoms with Crippen molar-refractivity contribution < 1.29 is 9.53 Å². The van der Waals surface area contributed by atoms with Gasteiger partial charge in [-0.05, 0) is 13.8 Å². The molecule has 1 fully saturated rings. The summed E-state index contributed by atoms with van der Waals surface area (Å²) >= 11 is 1.47. The fraction of sp³-hybridized carbons (Fsp3) is 0.562. The number of hydrogen-bond acceptors (Lipinski definition) is 6.